The van der Waals surface area contributed by atoms with Crippen molar-refractivity contribution in [3.63, 3.8) is 0 Å². The van der Waals surface area contributed by atoms with Crippen molar-refractivity contribution in [1.29, 1.82) is 0 Å². The first-order valence-corrected chi connectivity index (χ1v) is 9.92. The molecule has 0 aliphatic carbocycles. The van der Waals surface area contributed by atoms with E-state index < -0.39 is 0 Å². The number of hydrogen-bond donors (Lipinski definition) is 2. The van der Waals surface area contributed by atoms with Gasteiger partial charge in [0.05, 0.1) is 17.9 Å². The predicted octanol–water partition coefficient (Wildman–Crippen LogP) is 1.11. The highest BCUT2D eigenvalue weighted by molar-refractivity contribution is 8.00. The SMILES string of the molecule is O=C1CN(C(=O)c2cccnc2SCC(=O)Nc2ccc3c(c2)OCO3)CCN1. The van der Waals surface area contributed by atoms with Crippen LogP contribution >= 0.6 is 11.8 Å². The minimum absolute atomic E-state index is 0.0163. The summed E-state index contributed by atoms with van der Waals surface area (Å²) < 4.78 is 10.5. The Bertz CT molecular complexity index is 967. The molecule has 9 nitrogen and oxygen atoms in total. The zero-order valence-electron chi connectivity index (χ0n) is 15.3. The van der Waals surface area contributed by atoms with E-state index in [4.69, 9.17) is 9.47 Å². The van der Waals surface area contributed by atoms with E-state index in [1.165, 1.54) is 16.7 Å². The van der Waals surface area contributed by atoms with E-state index in [-0.39, 0.29) is 36.8 Å². The quantitative estimate of drug-likeness (QED) is 0.706. The third-order valence-electron chi connectivity index (χ3n) is 4.32. The van der Waals surface area contributed by atoms with Gasteiger partial charge >= 0.3 is 0 Å². The number of benzene rings is 1. The number of ether oxygens (including phenoxy) is 2. The van der Waals surface area contributed by atoms with Crippen LogP contribution in [0.15, 0.2) is 41.6 Å². The Labute approximate surface area is 170 Å². The molecule has 0 bridgehead atoms. The largest absolute Gasteiger partial charge is 0.454 e. The molecule has 0 atom stereocenters. The Morgan fingerprint density at radius 3 is 2.97 bits per heavy atom. The Morgan fingerprint density at radius 2 is 2.10 bits per heavy atom. The third kappa shape index (κ3) is 4.43. The summed E-state index contributed by atoms with van der Waals surface area (Å²) in [5.74, 6) is 0.596. The molecule has 0 unspecified atom stereocenters. The van der Waals surface area contributed by atoms with Gasteiger partial charge in [0.2, 0.25) is 18.6 Å². The topological polar surface area (TPSA) is 110 Å². The number of carbonyl (C=O) groups is 3. The number of thioether (sulfide) groups is 1. The molecule has 150 valence electrons. The lowest BCUT2D eigenvalue weighted by Gasteiger charge is -2.27. The van der Waals surface area contributed by atoms with E-state index in [1.807, 2.05) is 0 Å². The molecule has 0 spiro atoms. The molecule has 1 saturated heterocycles. The predicted molar refractivity (Wildman–Crippen MR) is 105 cm³/mol. The van der Waals surface area contributed by atoms with E-state index in [1.54, 1.807) is 36.5 Å². The van der Waals surface area contributed by atoms with E-state index in [9.17, 15) is 14.4 Å². The molecule has 0 radical (unpaired) electrons. The molecule has 10 heteroatoms. The highest BCUT2D eigenvalue weighted by Crippen LogP contribution is 2.34. The monoisotopic (exact) mass is 414 g/mol. The summed E-state index contributed by atoms with van der Waals surface area (Å²) >= 11 is 1.17. The molecule has 2 aliphatic heterocycles. The van der Waals surface area contributed by atoms with Crippen LogP contribution in [0, 0.1) is 0 Å². The number of anilines is 1. The first-order chi connectivity index (χ1) is 14.1. The molecule has 29 heavy (non-hydrogen) atoms. The molecule has 2 aromatic rings. The van der Waals surface area contributed by atoms with Gasteiger partial charge in [-0.2, -0.15) is 0 Å². The number of nitrogens with one attached hydrogen (secondary N) is 2. The van der Waals surface area contributed by atoms with Gasteiger partial charge in [0.25, 0.3) is 5.91 Å². The van der Waals surface area contributed by atoms with Crippen molar-refractivity contribution >= 4 is 35.2 Å². The molecular weight excluding hydrogens is 396 g/mol. The standard InChI is InChI=1S/C19H18N4O5S/c24-16-9-23(7-6-20-16)19(26)13-2-1-5-21-18(13)29-10-17(25)22-12-3-4-14-15(8-12)28-11-27-14/h1-5,8H,6-7,9-11H2,(H,20,24)(H,22,25). The maximum atomic E-state index is 12.8. The number of aromatic nitrogens is 1. The molecule has 1 fully saturated rings. The van der Waals surface area contributed by atoms with Crippen LogP contribution in [0.3, 0.4) is 0 Å². The van der Waals surface area contributed by atoms with Crippen LogP contribution < -0.4 is 20.1 Å². The smallest absolute Gasteiger partial charge is 0.257 e. The maximum Gasteiger partial charge on any atom is 0.257 e. The number of amides is 3. The Morgan fingerprint density at radius 1 is 1.24 bits per heavy atom. The second kappa shape index (κ2) is 8.39. The fourth-order valence-corrected chi connectivity index (χ4v) is 3.74. The Hall–Kier alpha value is -3.27. The third-order valence-corrected chi connectivity index (χ3v) is 5.33. The summed E-state index contributed by atoms with van der Waals surface area (Å²) in [7, 11) is 0. The summed E-state index contributed by atoms with van der Waals surface area (Å²) in [6, 6.07) is 8.47. The number of pyridine rings is 1. The van der Waals surface area contributed by atoms with Crippen molar-refractivity contribution in [2.45, 2.75) is 5.03 Å². The van der Waals surface area contributed by atoms with Gasteiger partial charge in [0.15, 0.2) is 11.5 Å². The van der Waals surface area contributed by atoms with Gasteiger partial charge in [0, 0.05) is 31.0 Å². The highest BCUT2D eigenvalue weighted by atomic mass is 32.2. The molecule has 1 aromatic heterocycles. The van der Waals surface area contributed by atoms with Gasteiger partial charge < -0.3 is 25.0 Å². The molecule has 3 heterocycles. The molecule has 1 aromatic carbocycles. The van der Waals surface area contributed by atoms with Crippen molar-refractivity contribution in [1.82, 2.24) is 15.2 Å². The van der Waals surface area contributed by atoms with Crippen LogP contribution in [-0.4, -0.2) is 59.8 Å². The van der Waals surface area contributed by atoms with Gasteiger partial charge in [0.1, 0.15) is 5.03 Å². The molecule has 2 N–H and O–H groups in total. The van der Waals surface area contributed by atoms with Crippen LogP contribution in [0.2, 0.25) is 0 Å². The summed E-state index contributed by atoms with van der Waals surface area (Å²) in [5.41, 5.74) is 0.972. The number of carbonyl (C=O) groups excluding carboxylic acids is 3. The maximum absolute atomic E-state index is 12.8. The number of rotatable bonds is 5. The number of fused-ring (bicyclic) bond motifs is 1. The Balaban J connectivity index is 1.39. The van der Waals surface area contributed by atoms with E-state index in [0.717, 1.165) is 0 Å². The van der Waals surface area contributed by atoms with Gasteiger partial charge in [-0.15, -0.1) is 0 Å². The second-order valence-electron chi connectivity index (χ2n) is 6.34. The minimum atomic E-state index is -0.272. The van der Waals surface area contributed by atoms with Gasteiger partial charge in [-0.05, 0) is 24.3 Å². The number of piperazine rings is 1. The zero-order valence-corrected chi connectivity index (χ0v) is 16.2. The summed E-state index contributed by atoms with van der Waals surface area (Å²) in [5, 5.41) is 5.93. The molecule has 3 amide bonds. The van der Waals surface area contributed by atoms with E-state index in [2.05, 4.69) is 15.6 Å². The van der Waals surface area contributed by atoms with Crippen molar-refractivity contribution in [3.8, 4) is 11.5 Å². The van der Waals surface area contributed by atoms with Crippen molar-refractivity contribution in [2.75, 3.05) is 37.5 Å². The van der Waals surface area contributed by atoms with E-state index in [0.29, 0.717) is 40.9 Å². The van der Waals surface area contributed by atoms with Crippen molar-refractivity contribution in [2.24, 2.45) is 0 Å². The average Bonchev–Trinajstić information content (AvgIpc) is 3.20. The second-order valence-corrected chi connectivity index (χ2v) is 7.30. The van der Waals surface area contributed by atoms with Crippen LogP contribution in [0.5, 0.6) is 11.5 Å². The van der Waals surface area contributed by atoms with Crippen molar-refractivity contribution < 1.29 is 23.9 Å². The number of hydrogen-bond acceptors (Lipinski definition) is 7. The molecule has 2 aliphatic rings. The van der Waals surface area contributed by atoms with E-state index >= 15 is 0 Å². The highest BCUT2D eigenvalue weighted by Gasteiger charge is 2.25. The Kier molecular flexibility index (Phi) is 5.52. The first-order valence-electron chi connectivity index (χ1n) is 8.93. The van der Waals surface area contributed by atoms with Gasteiger partial charge in [-0.25, -0.2) is 4.98 Å². The summed E-state index contributed by atoms with van der Waals surface area (Å²) in [6.07, 6.45) is 1.57. The minimum Gasteiger partial charge on any atom is -0.454 e. The molecule has 0 saturated carbocycles. The molecular formula is C19H18N4O5S. The lowest BCUT2D eigenvalue weighted by Crippen LogP contribution is -2.50. The average molecular weight is 414 g/mol. The number of nitrogens with zero attached hydrogens (tertiary/aromatic N) is 2. The van der Waals surface area contributed by atoms with Crippen LogP contribution in [0.4, 0.5) is 5.69 Å². The fourth-order valence-electron chi connectivity index (χ4n) is 2.96. The lowest BCUT2D eigenvalue weighted by molar-refractivity contribution is -0.123. The van der Waals surface area contributed by atoms with Gasteiger partial charge in [-0.1, -0.05) is 11.8 Å². The van der Waals surface area contributed by atoms with Crippen LogP contribution in [0.25, 0.3) is 0 Å². The molecule has 4 rings (SSSR count). The first kappa shape index (κ1) is 19.1. The zero-order chi connectivity index (χ0) is 20.2. The van der Waals surface area contributed by atoms with Gasteiger partial charge in [-0.3, -0.25) is 14.4 Å². The van der Waals surface area contributed by atoms with Crippen molar-refractivity contribution in [3.05, 3.63) is 42.1 Å². The van der Waals surface area contributed by atoms with Crippen LogP contribution in [-0.2, 0) is 9.59 Å². The van der Waals surface area contributed by atoms with Crippen LogP contribution in [0.1, 0.15) is 10.4 Å². The fraction of sp³-hybridized carbons (Fsp3) is 0.263. The normalized spacial score (nSPS) is 15.0. The summed E-state index contributed by atoms with van der Waals surface area (Å²) in [6.45, 7) is 1.04. The summed E-state index contributed by atoms with van der Waals surface area (Å²) in [4.78, 5) is 42.4. The lowest BCUT2D eigenvalue weighted by atomic mass is 10.2.